The van der Waals surface area contributed by atoms with Crippen LogP contribution in [0.4, 0.5) is 0 Å². The second kappa shape index (κ2) is 12.2. The van der Waals surface area contributed by atoms with Gasteiger partial charge in [0.15, 0.2) is 11.2 Å². The van der Waals surface area contributed by atoms with Crippen LogP contribution in [0, 0.1) is 0 Å². The van der Waals surface area contributed by atoms with E-state index in [4.69, 9.17) is 8.83 Å². The maximum Gasteiger partial charge on any atom is 0.178 e. The second-order valence-corrected chi connectivity index (χ2v) is 13.9. The van der Waals surface area contributed by atoms with E-state index in [1.165, 1.54) is 43.8 Å². The lowest BCUT2D eigenvalue weighted by Gasteiger charge is -2.18. The van der Waals surface area contributed by atoms with Crippen LogP contribution < -0.4 is 0 Å². The van der Waals surface area contributed by atoms with Gasteiger partial charge >= 0.3 is 0 Å². The number of benzene rings is 9. The van der Waals surface area contributed by atoms with E-state index in [2.05, 4.69) is 182 Å². The highest BCUT2D eigenvalue weighted by Crippen LogP contribution is 2.47. The Morgan fingerprint density at radius 1 is 0.259 bits per heavy atom. The van der Waals surface area contributed by atoms with Crippen LogP contribution in [0.1, 0.15) is 0 Å². The van der Waals surface area contributed by atoms with Crippen LogP contribution in [0.3, 0.4) is 0 Å². The largest absolute Gasteiger partial charge is 0.452 e. The van der Waals surface area contributed by atoms with Gasteiger partial charge in [0.1, 0.15) is 11.3 Å². The minimum absolute atomic E-state index is 0.764. The van der Waals surface area contributed by atoms with Gasteiger partial charge in [-0.05, 0) is 78.7 Å². The average molecular weight is 689 g/mol. The van der Waals surface area contributed by atoms with Crippen molar-refractivity contribution in [2.45, 2.75) is 0 Å². The fraction of sp³-hybridized carbons (Fsp3) is 0. The standard InChI is InChI=1S/C52H32O2/c1-4-15-34(16-5-1)46-39-21-10-12-23-41(39)47(42-24-13-11-22-40(42)46)36-29-27-33(28-30-36)38-25-14-26-45-49(38)44-32-31-43-48(35-17-6-2-7-18-35)50(37-19-8-3-9-20-37)54-52(43)51(44)53-45/h1-32H. The molecule has 0 N–H and O–H groups in total. The molecule has 0 saturated carbocycles. The first-order valence-electron chi connectivity index (χ1n) is 18.4. The minimum Gasteiger partial charge on any atom is -0.452 e. The quantitative estimate of drug-likeness (QED) is 0.168. The topological polar surface area (TPSA) is 26.3 Å². The molecule has 0 bridgehead atoms. The van der Waals surface area contributed by atoms with Crippen molar-refractivity contribution < 1.29 is 8.83 Å². The summed E-state index contributed by atoms with van der Waals surface area (Å²) >= 11 is 0. The lowest BCUT2D eigenvalue weighted by atomic mass is 9.85. The third-order valence-electron chi connectivity index (χ3n) is 10.9. The molecule has 2 aromatic heterocycles. The van der Waals surface area contributed by atoms with Crippen LogP contribution in [0.15, 0.2) is 203 Å². The summed E-state index contributed by atoms with van der Waals surface area (Å²) in [5, 5.41) is 8.17. The normalized spacial score (nSPS) is 11.7. The number of hydrogen-bond donors (Lipinski definition) is 0. The molecule has 2 nitrogen and oxygen atoms in total. The highest BCUT2D eigenvalue weighted by molar-refractivity contribution is 6.22. The first-order chi connectivity index (χ1) is 26.8. The van der Waals surface area contributed by atoms with Gasteiger partial charge in [0.2, 0.25) is 0 Å². The maximum atomic E-state index is 6.81. The highest BCUT2D eigenvalue weighted by Gasteiger charge is 2.23. The van der Waals surface area contributed by atoms with Crippen LogP contribution in [0.25, 0.3) is 110 Å². The van der Waals surface area contributed by atoms with Gasteiger partial charge < -0.3 is 8.83 Å². The summed E-state index contributed by atoms with van der Waals surface area (Å²) in [4.78, 5) is 0. The molecule has 0 saturated heterocycles. The van der Waals surface area contributed by atoms with Crippen LogP contribution >= 0.6 is 0 Å². The summed E-state index contributed by atoms with van der Waals surface area (Å²) in [6, 6.07) is 69.0. The van der Waals surface area contributed by atoms with Crippen molar-refractivity contribution in [1.29, 1.82) is 0 Å². The molecule has 0 aliphatic heterocycles. The zero-order chi connectivity index (χ0) is 35.6. The van der Waals surface area contributed by atoms with E-state index in [1.807, 2.05) is 12.1 Å². The smallest absolute Gasteiger partial charge is 0.178 e. The van der Waals surface area contributed by atoms with Gasteiger partial charge in [-0.25, -0.2) is 0 Å². The molecule has 0 spiro atoms. The van der Waals surface area contributed by atoms with Crippen LogP contribution in [0.5, 0.6) is 0 Å². The maximum absolute atomic E-state index is 6.81. The summed E-state index contributed by atoms with van der Waals surface area (Å²) in [5.41, 5.74) is 12.8. The molecular formula is C52H32O2. The monoisotopic (exact) mass is 688 g/mol. The second-order valence-electron chi connectivity index (χ2n) is 13.9. The molecule has 0 fully saturated rings. The molecular weight excluding hydrogens is 657 g/mol. The Hall–Kier alpha value is -7.16. The molecule has 11 rings (SSSR count). The van der Waals surface area contributed by atoms with E-state index in [1.54, 1.807) is 0 Å². The van der Waals surface area contributed by atoms with Crippen LogP contribution in [-0.2, 0) is 0 Å². The molecule has 54 heavy (non-hydrogen) atoms. The molecule has 0 atom stereocenters. The SMILES string of the molecule is c1ccc(-c2oc3c(ccc4c3oc3cccc(-c5ccc(-c6c7ccccc7c(-c7ccccc7)c7ccccc67)cc5)c34)c2-c2ccccc2)cc1. The van der Waals surface area contributed by atoms with Gasteiger partial charge in [0.05, 0.1) is 0 Å². The van der Waals surface area contributed by atoms with Gasteiger partial charge in [0, 0.05) is 27.3 Å². The van der Waals surface area contributed by atoms with Crippen molar-refractivity contribution in [2.24, 2.45) is 0 Å². The van der Waals surface area contributed by atoms with E-state index >= 15 is 0 Å². The molecule has 252 valence electrons. The van der Waals surface area contributed by atoms with E-state index in [9.17, 15) is 0 Å². The summed E-state index contributed by atoms with van der Waals surface area (Å²) in [5.74, 6) is 0.845. The molecule has 2 heteroatoms. The van der Waals surface area contributed by atoms with Crippen LogP contribution in [0.2, 0.25) is 0 Å². The summed E-state index contributed by atoms with van der Waals surface area (Å²) in [6.45, 7) is 0. The molecule has 0 aliphatic carbocycles. The summed E-state index contributed by atoms with van der Waals surface area (Å²) < 4.78 is 13.5. The Kier molecular flexibility index (Phi) is 6.90. The van der Waals surface area contributed by atoms with Gasteiger partial charge in [0.25, 0.3) is 0 Å². The summed E-state index contributed by atoms with van der Waals surface area (Å²) in [6.07, 6.45) is 0. The van der Waals surface area contributed by atoms with Gasteiger partial charge in [-0.1, -0.05) is 176 Å². The number of hydrogen-bond acceptors (Lipinski definition) is 2. The third kappa shape index (κ3) is 4.67. The molecule has 0 unspecified atom stereocenters. The molecule has 2 heterocycles. The average Bonchev–Trinajstić information content (AvgIpc) is 3.83. The lowest BCUT2D eigenvalue weighted by Crippen LogP contribution is -1.90. The van der Waals surface area contributed by atoms with Crippen molar-refractivity contribution in [1.82, 2.24) is 0 Å². The third-order valence-corrected chi connectivity index (χ3v) is 10.9. The lowest BCUT2D eigenvalue weighted by molar-refractivity contribution is 0.612. The van der Waals surface area contributed by atoms with Gasteiger partial charge in [-0.2, -0.15) is 0 Å². The van der Waals surface area contributed by atoms with Gasteiger partial charge in [-0.3, -0.25) is 0 Å². The zero-order valence-corrected chi connectivity index (χ0v) is 29.3. The Morgan fingerprint density at radius 2 is 0.704 bits per heavy atom. The number of rotatable bonds is 5. The van der Waals surface area contributed by atoms with Crippen molar-refractivity contribution in [3.63, 3.8) is 0 Å². The van der Waals surface area contributed by atoms with E-state index in [0.29, 0.717) is 0 Å². The summed E-state index contributed by atoms with van der Waals surface area (Å²) in [7, 11) is 0. The first-order valence-corrected chi connectivity index (χ1v) is 18.4. The Morgan fingerprint density at radius 3 is 1.28 bits per heavy atom. The minimum atomic E-state index is 0.764. The first kappa shape index (κ1) is 30.5. The van der Waals surface area contributed by atoms with Crippen LogP contribution in [-0.4, -0.2) is 0 Å². The molecule has 0 radical (unpaired) electrons. The molecule has 0 aliphatic rings. The van der Waals surface area contributed by atoms with Crippen molar-refractivity contribution >= 4 is 54.5 Å². The Bertz CT molecular complexity index is 3110. The van der Waals surface area contributed by atoms with E-state index in [-0.39, 0.29) is 0 Å². The Labute approximate surface area is 312 Å². The number of furan rings is 2. The molecule has 0 amide bonds. The van der Waals surface area contributed by atoms with Gasteiger partial charge in [-0.15, -0.1) is 0 Å². The van der Waals surface area contributed by atoms with Crippen molar-refractivity contribution in [3.05, 3.63) is 194 Å². The van der Waals surface area contributed by atoms with E-state index in [0.717, 1.165) is 66.5 Å². The number of fused-ring (bicyclic) bond motifs is 7. The predicted octanol–water partition coefficient (Wildman–Crippen LogP) is 15.0. The van der Waals surface area contributed by atoms with E-state index < -0.39 is 0 Å². The fourth-order valence-electron chi connectivity index (χ4n) is 8.53. The predicted molar refractivity (Wildman–Crippen MR) is 226 cm³/mol. The fourth-order valence-corrected chi connectivity index (χ4v) is 8.53. The zero-order valence-electron chi connectivity index (χ0n) is 29.3. The molecule has 11 aromatic rings. The highest BCUT2D eigenvalue weighted by atomic mass is 16.4. The van der Waals surface area contributed by atoms with Crippen molar-refractivity contribution in [2.75, 3.05) is 0 Å². The van der Waals surface area contributed by atoms with Crippen molar-refractivity contribution in [3.8, 4) is 55.8 Å². The molecule has 9 aromatic carbocycles. The Balaban J connectivity index is 1.08.